The van der Waals surface area contributed by atoms with Crippen molar-refractivity contribution in [2.45, 2.75) is 57.6 Å². The van der Waals surface area contributed by atoms with Gasteiger partial charge in [0.05, 0.1) is 12.6 Å². The van der Waals surface area contributed by atoms with Crippen molar-refractivity contribution in [3.05, 3.63) is 11.6 Å². The van der Waals surface area contributed by atoms with Crippen molar-refractivity contribution in [1.29, 1.82) is 0 Å². The largest absolute Gasteiger partial charge is 0.393 e. The van der Waals surface area contributed by atoms with Crippen molar-refractivity contribution in [2.24, 2.45) is 7.05 Å². The number of aliphatic hydroxyl groups is 1. The Bertz CT molecular complexity index is 565. The van der Waals surface area contributed by atoms with E-state index in [0.717, 1.165) is 70.1 Å². The Morgan fingerprint density at radius 1 is 1.21 bits per heavy atom. The van der Waals surface area contributed by atoms with Gasteiger partial charge in [-0.05, 0) is 25.7 Å². The van der Waals surface area contributed by atoms with E-state index >= 15 is 0 Å². The molecule has 0 aliphatic carbocycles. The van der Waals surface area contributed by atoms with Crippen molar-refractivity contribution < 1.29 is 9.90 Å². The van der Waals surface area contributed by atoms with Gasteiger partial charge in [0.25, 0.3) is 0 Å². The third-order valence-corrected chi connectivity index (χ3v) is 5.36. The van der Waals surface area contributed by atoms with Gasteiger partial charge in [-0.15, -0.1) is 10.2 Å². The molecular weight excluding hydrogens is 306 g/mol. The van der Waals surface area contributed by atoms with Gasteiger partial charge in [-0.3, -0.25) is 9.69 Å². The monoisotopic (exact) mass is 335 g/mol. The van der Waals surface area contributed by atoms with Gasteiger partial charge in [0, 0.05) is 45.6 Å². The van der Waals surface area contributed by atoms with Gasteiger partial charge in [0.1, 0.15) is 11.6 Å². The number of hydrogen-bond acceptors (Lipinski definition) is 5. The van der Waals surface area contributed by atoms with Crippen LogP contribution in [0.25, 0.3) is 0 Å². The van der Waals surface area contributed by atoms with Crippen LogP contribution < -0.4 is 0 Å². The van der Waals surface area contributed by atoms with E-state index in [-0.39, 0.29) is 17.9 Å². The molecule has 1 aromatic rings. The molecule has 2 aliphatic rings. The van der Waals surface area contributed by atoms with Crippen LogP contribution in [0.2, 0.25) is 0 Å². The molecule has 7 heteroatoms. The Kier molecular flexibility index (Phi) is 5.50. The summed E-state index contributed by atoms with van der Waals surface area (Å²) in [7, 11) is 2.03. The molecule has 1 aromatic heterocycles. The van der Waals surface area contributed by atoms with Gasteiger partial charge in [-0.2, -0.15) is 0 Å². The van der Waals surface area contributed by atoms with Crippen molar-refractivity contribution in [1.82, 2.24) is 24.6 Å². The van der Waals surface area contributed by atoms with Gasteiger partial charge in [0.2, 0.25) is 5.91 Å². The minimum atomic E-state index is -0.152. The van der Waals surface area contributed by atoms with E-state index in [4.69, 9.17) is 0 Å². The standard InChI is InChI=1S/C17H29N5O2/c1-3-16(24)22-8-4-5-13(11-22)17-19-18-15(20(17)2)12-21-9-6-14(23)7-10-21/h13-14,23H,3-12H2,1-2H3/t13-/m0/s1. The number of piperidine rings is 2. The Morgan fingerprint density at radius 2 is 1.96 bits per heavy atom. The second kappa shape index (κ2) is 7.61. The fourth-order valence-corrected chi connectivity index (χ4v) is 3.78. The molecule has 0 spiro atoms. The summed E-state index contributed by atoms with van der Waals surface area (Å²) in [4.78, 5) is 16.3. The van der Waals surface area contributed by atoms with Gasteiger partial charge in [-0.1, -0.05) is 6.92 Å². The summed E-state index contributed by atoms with van der Waals surface area (Å²) in [6.07, 6.45) is 4.18. The van der Waals surface area contributed by atoms with Crippen LogP contribution in [-0.4, -0.2) is 67.9 Å². The third kappa shape index (κ3) is 3.78. The lowest BCUT2D eigenvalue weighted by molar-refractivity contribution is -0.132. The van der Waals surface area contributed by atoms with E-state index in [1.54, 1.807) is 0 Å². The highest BCUT2D eigenvalue weighted by atomic mass is 16.3. The van der Waals surface area contributed by atoms with E-state index in [1.807, 2.05) is 18.9 Å². The van der Waals surface area contributed by atoms with E-state index in [1.165, 1.54) is 0 Å². The number of aliphatic hydroxyl groups excluding tert-OH is 1. The highest BCUT2D eigenvalue weighted by Crippen LogP contribution is 2.26. The average Bonchev–Trinajstić information content (AvgIpc) is 2.97. The predicted molar refractivity (Wildman–Crippen MR) is 90.4 cm³/mol. The topological polar surface area (TPSA) is 74.5 Å². The first-order chi connectivity index (χ1) is 11.6. The predicted octanol–water partition coefficient (Wildman–Crippen LogP) is 0.888. The third-order valence-electron chi connectivity index (χ3n) is 5.36. The molecule has 7 nitrogen and oxygen atoms in total. The summed E-state index contributed by atoms with van der Waals surface area (Å²) in [5, 5.41) is 18.5. The highest BCUT2D eigenvalue weighted by Gasteiger charge is 2.28. The molecule has 3 heterocycles. The quantitative estimate of drug-likeness (QED) is 0.884. The van der Waals surface area contributed by atoms with E-state index in [9.17, 15) is 9.90 Å². The molecule has 2 fully saturated rings. The number of aromatic nitrogens is 3. The van der Waals surface area contributed by atoms with Crippen LogP contribution in [0.5, 0.6) is 0 Å². The summed E-state index contributed by atoms with van der Waals surface area (Å²) in [5.74, 6) is 2.48. The molecule has 1 atom stereocenters. The van der Waals surface area contributed by atoms with Gasteiger partial charge < -0.3 is 14.6 Å². The SMILES string of the molecule is CCC(=O)N1CCC[C@H](c2nnc(CN3CCC(O)CC3)n2C)C1. The fraction of sp³-hybridized carbons (Fsp3) is 0.824. The lowest BCUT2D eigenvalue weighted by atomic mass is 9.97. The minimum Gasteiger partial charge on any atom is -0.393 e. The van der Waals surface area contributed by atoms with Crippen LogP contribution in [0.15, 0.2) is 0 Å². The van der Waals surface area contributed by atoms with Crippen LogP contribution in [0.1, 0.15) is 56.6 Å². The second-order valence-electron chi connectivity index (χ2n) is 7.07. The first kappa shape index (κ1) is 17.4. The Hall–Kier alpha value is -1.47. The highest BCUT2D eigenvalue weighted by molar-refractivity contribution is 5.75. The van der Waals surface area contributed by atoms with Crippen LogP contribution in [-0.2, 0) is 18.4 Å². The molecule has 0 unspecified atom stereocenters. The zero-order valence-corrected chi connectivity index (χ0v) is 14.8. The van der Waals surface area contributed by atoms with Gasteiger partial charge in [-0.25, -0.2) is 0 Å². The van der Waals surface area contributed by atoms with E-state index < -0.39 is 0 Å². The Balaban J connectivity index is 1.65. The lowest BCUT2D eigenvalue weighted by Gasteiger charge is -2.32. The van der Waals surface area contributed by atoms with Crippen molar-refractivity contribution in [3.8, 4) is 0 Å². The fourth-order valence-electron chi connectivity index (χ4n) is 3.78. The second-order valence-corrected chi connectivity index (χ2v) is 7.07. The summed E-state index contributed by atoms with van der Waals surface area (Å²) >= 11 is 0. The number of rotatable bonds is 4. The van der Waals surface area contributed by atoms with Crippen LogP contribution >= 0.6 is 0 Å². The molecule has 1 amide bonds. The number of carbonyl (C=O) groups is 1. The summed E-state index contributed by atoms with van der Waals surface area (Å²) < 4.78 is 2.11. The summed E-state index contributed by atoms with van der Waals surface area (Å²) in [6, 6.07) is 0. The molecule has 134 valence electrons. The molecule has 0 bridgehead atoms. The maximum absolute atomic E-state index is 12.0. The number of amides is 1. The molecule has 24 heavy (non-hydrogen) atoms. The van der Waals surface area contributed by atoms with Crippen LogP contribution in [0, 0.1) is 0 Å². The smallest absolute Gasteiger partial charge is 0.222 e. The molecule has 0 radical (unpaired) electrons. The summed E-state index contributed by atoms with van der Waals surface area (Å²) in [6.45, 7) is 6.14. The first-order valence-corrected chi connectivity index (χ1v) is 9.14. The number of likely N-dealkylation sites (tertiary alicyclic amines) is 2. The van der Waals surface area contributed by atoms with E-state index in [0.29, 0.717) is 6.42 Å². The van der Waals surface area contributed by atoms with Gasteiger partial charge >= 0.3 is 0 Å². The maximum Gasteiger partial charge on any atom is 0.222 e. The van der Waals surface area contributed by atoms with Crippen molar-refractivity contribution in [3.63, 3.8) is 0 Å². The molecular formula is C17H29N5O2. The van der Waals surface area contributed by atoms with E-state index in [2.05, 4.69) is 19.7 Å². The molecule has 2 aliphatic heterocycles. The minimum absolute atomic E-state index is 0.152. The molecule has 0 saturated carbocycles. The number of hydrogen-bond donors (Lipinski definition) is 1. The molecule has 0 aromatic carbocycles. The Labute approximate surface area is 143 Å². The zero-order valence-electron chi connectivity index (χ0n) is 14.8. The van der Waals surface area contributed by atoms with Crippen molar-refractivity contribution in [2.75, 3.05) is 26.2 Å². The first-order valence-electron chi connectivity index (χ1n) is 9.14. The number of nitrogens with zero attached hydrogens (tertiary/aromatic N) is 5. The maximum atomic E-state index is 12.0. The summed E-state index contributed by atoms with van der Waals surface area (Å²) in [5.41, 5.74) is 0. The molecule has 2 saturated heterocycles. The van der Waals surface area contributed by atoms with Crippen molar-refractivity contribution >= 4 is 5.91 Å². The lowest BCUT2D eigenvalue weighted by Crippen LogP contribution is -2.39. The Morgan fingerprint density at radius 3 is 2.67 bits per heavy atom. The molecule has 1 N–H and O–H groups in total. The normalized spacial score (nSPS) is 23.6. The number of carbonyl (C=O) groups excluding carboxylic acids is 1. The molecule has 3 rings (SSSR count). The average molecular weight is 335 g/mol. The van der Waals surface area contributed by atoms with Gasteiger partial charge in [0.15, 0.2) is 0 Å². The van der Waals surface area contributed by atoms with Crippen LogP contribution in [0.3, 0.4) is 0 Å². The van der Waals surface area contributed by atoms with Crippen LogP contribution in [0.4, 0.5) is 0 Å². The zero-order chi connectivity index (χ0) is 17.1.